The largest absolute Gasteiger partial charge is 0.477 e. The predicted molar refractivity (Wildman–Crippen MR) is 126 cm³/mol. The number of aromatic nitrogens is 3. The van der Waals surface area contributed by atoms with Gasteiger partial charge in [-0.15, -0.1) is 0 Å². The molecule has 0 amide bonds. The van der Waals surface area contributed by atoms with Crippen LogP contribution in [0.25, 0.3) is 22.0 Å². The van der Waals surface area contributed by atoms with Crippen molar-refractivity contribution in [2.75, 3.05) is 30.9 Å². The van der Waals surface area contributed by atoms with Crippen LogP contribution in [-0.4, -0.2) is 46.3 Å². The van der Waals surface area contributed by atoms with Gasteiger partial charge in [0.2, 0.25) is 5.95 Å². The Morgan fingerprint density at radius 2 is 2.09 bits per heavy atom. The van der Waals surface area contributed by atoms with Gasteiger partial charge in [0.15, 0.2) is 0 Å². The molecule has 0 radical (unpaired) electrons. The molecule has 2 heterocycles. The summed E-state index contributed by atoms with van der Waals surface area (Å²) in [7, 11) is 1.64. The molecule has 0 atom stereocenters. The van der Waals surface area contributed by atoms with Crippen molar-refractivity contribution in [1.82, 2.24) is 15.0 Å². The smallest absolute Gasteiger partial charge is 0.352 e. The average Bonchev–Trinajstić information content (AvgIpc) is 3.23. The number of carboxylic acids is 1. The maximum Gasteiger partial charge on any atom is 0.352 e. The van der Waals surface area contributed by atoms with E-state index in [1.54, 1.807) is 25.4 Å². The molecular formula is C23H21ClFN5O3. The first-order valence-electron chi connectivity index (χ1n) is 10.1. The summed E-state index contributed by atoms with van der Waals surface area (Å²) < 4.78 is 18.6. The number of halogens is 2. The standard InChI is InChI=1S/C23H21ClFN5O3/c1-33-8-2-7-26-21-16(13-3-4-14-10-20(22(31)32)29-19(14)9-13)12-27-23(30-21)28-15-5-6-18(25)17(24)11-15/h3-6,9-12,29H,2,7-8H2,1H3,(H,31,32)(H2,26,27,28,30). The van der Waals surface area contributed by atoms with Crippen molar-refractivity contribution in [2.24, 2.45) is 0 Å². The number of hydrogen-bond acceptors (Lipinski definition) is 6. The van der Waals surface area contributed by atoms with Gasteiger partial charge in [-0.1, -0.05) is 23.7 Å². The van der Waals surface area contributed by atoms with Gasteiger partial charge in [-0.25, -0.2) is 14.2 Å². The van der Waals surface area contributed by atoms with E-state index in [-0.39, 0.29) is 10.7 Å². The number of benzene rings is 2. The molecule has 0 unspecified atom stereocenters. The number of carboxylic acid groups (broad SMARTS) is 1. The van der Waals surface area contributed by atoms with E-state index in [4.69, 9.17) is 16.3 Å². The summed E-state index contributed by atoms with van der Waals surface area (Å²) in [6.07, 6.45) is 2.44. The van der Waals surface area contributed by atoms with E-state index in [9.17, 15) is 14.3 Å². The highest BCUT2D eigenvalue weighted by molar-refractivity contribution is 6.31. The highest BCUT2D eigenvalue weighted by Gasteiger charge is 2.13. The first-order chi connectivity index (χ1) is 15.9. The van der Waals surface area contributed by atoms with Crippen molar-refractivity contribution >= 4 is 45.9 Å². The van der Waals surface area contributed by atoms with Crippen molar-refractivity contribution in [2.45, 2.75) is 6.42 Å². The molecule has 4 aromatic rings. The number of nitrogens with zero attached hydrogens (tertiary/aromatic N) is 2. The second-order valence-corrected chi connectivity index (χ2v) is 7.68. The zero-order chi connectivity index (χ0) is 23.4. The molecule has 0 bridgehead atoms. The van der Waals surface area contributed by atoms with E-state index in [0.29, 0.717) is 36.1 Å². The summed E-state index contributed by atoms with van der Waals surface area (Å²) in [5, 5.41) is 16.4. The highest BCUT2D eigenvalue weighted by atomic mass is 35.5. The fraction of sp³-hybridized carbons (Fsp3) is 0.174. The van der Waals surface area contributed by atoms with Gasteiger partial charge in [-0.05, 0) is 42.3 Å². The maximum atomic E-state index is 13.5. The van der Waals surface area contributed by atoms with Crippen molar-refractivity contribution in [3.05, 3.63) is 65.2 Å². The normalized spacial score (nSPS) is 11.0. The summed E-state index contributed by atoms with van der Waals surface area (Å²) in [4.78, 5) is 23.2. The number of aromatic carboxylic acids is 1. The second kappa shape index (κ2) is 9.85. The molecule has 4 N–H and O–H groups in total. The van der Waals surface area contributed by atoms with Crippen LogP contribution in [0.5, 0.6) is 0 Å². The maximum absolute atomic E-state index is 13.5. The van der Waals surface area contributed by atoms with Crippen molar-refractivity contribution < 1.29 is 19.0 Å². The molecule has 8 nitrogen and oxygen atoms in total. The first kappa shape index (κ1) is 22.5. The molecule has 0 aliphatic heterocycles. The Labute approximate surface area is 193 Å². The van der Waals surface area contributed by atoms with Gasteiger partial charge in [0.1, 0.15) is 17.3 Å². The van der Waals surface area contributed by atoms with E-state index >= 15 is 0 Å². The number of nitrogens with one attached hydrogen (secondary N) is 3. The lowest BCUT2D eigenvalue weighted by Gasteiger charge is -2.13. The van der Waals surface area contributed by atoms with Crippen LogP contribution in [0.1, 0.15) is 16.9 Å². The Hall–Kier alpha value is -3.69. The summed E-state index contributed by atoms with van der Waals surface area (Å²) in [6, 6.07) is 11.4. The fourth-order valence-corrected chi connectivity index (χ4v) is 3.50. The third-order valence-electron chi connectivity index (χ3n) is 4.95. The van der Waals surface area contributed by atoms with Crippen LogP contribution >= 0.6 is 11.6 Å². The fourth-order valence-electron chi connectivity index (χ4n) is 3.32. The van der Waals surface area contributed by atoms with Crippen molar-refractivity contribution in [3.8, 4) is 11.1 Å². The van der Waals surface area contributed by atoms with Crippen LogP contribution in [0.4, 0.5) is 21.8 Å². The summed E-state index contributed by atoms with van der Waals surface area (Å²) >= 11 is 5.86. The minimum atomic E-state index is -1.02. The number of methoxy groups -OCH3 is 1. The Morgan fingerprint density at radius 1 is 1.24 bits per heavy atom. The Bertz CT molecular complexity index is 1310. The lowest BCUT2D eigenvalue weighted by Crippen LogP contribution is -2.09. The Kier molecular flexibility index (Phi) is 6.71. The zero-order valence-electron chi connectivity index (χ0n) is 17.7. The lowest BCUT2D eigenvalue weighted by molar-refractivity contribution is 0.0691. The molecule has 0 aliphatic carbocycles. The third kappa shape index (κ3) is 5.21. The van der Waals surface area contributed by atoms with Crippen LogP contribution in [0, 0.1) is 5.82 Å². The molecule has 2 aromatic heterocycles. The molecule has 0 spiro atoms. The van der Waals surface area contributed by atoms with E-state index in [0.717, 1.165) is 22.9 Å². The molecule has 0 aliphatic rings. The van der Waals surface area contributed by atoms with Crippen LogP contribution in [-0.2, 0) is 4.74 Å². The molecule has 0 saturated carbocycles. The van der Waals surface area contributed by atoms with E-state index in [1.165, 1.54) is 12.1 Å². The summed E-state index contributed by atoms with van der Waals surface area (Å²) in [5.74, 6) is -0.636. The summed E-state index contributed by atoms with van der Waals surface area (Å²) in [5.41, 5.74) is 2.91. The number of H-pyrrole nitrogens is 1. The molecular weight excluding hydrogens is 449 g/mol. The quantitative estimate of drug-likeness (QED) is 0.246. The molecule has 0 fully saturated rings. The van der Waals surface area contributed by atoms with E-state index in [1.807, 2.05) is 18.2 Å². The SMILES string of the molecule is COCCCNc1nc(Nc2ccc(F)c(Cl)c2)ncc1-c1ccc2cc(C(=O)O)[nH]c2c1. The number of fused-ring (bicyclic) bond motifs is 1. The van der Waals surface area contributed by atoms with Gasteiger partial charge in [0, 0.05) is 48.6 Å². The van der Waals surface area contributed by atoms with Gasteiger partial charge in [0.25, 0.3) is 0 Å². The van der Waals surface area contributed by atoms with Gasteiger partial charge >= 0.3 is 5.97 Å². The van der Waals surface area contributed by atoms with Gasteiger partial charge < -0.3 is 25.5 Å². The van der Waals surface area contributed by atoms with E-state index in [2.05, 4.69) is 25.6 Å². The van der Waals surface area contributed by atoms with Crippen LogP contribution in [0.15, 0.2) is 48.7 Å². The number of hydrogen-bond donors (Lipinski definition) is 4. The average molecular weight is 470 g/mol. The van der Waals surface area contributed by atoms with Gasteiger partial charge in [-0.2, -0.15) is 4.98 Å². The van der Waals surface area contributed by atoms with Gasteiger partial charge in [0.05, 0.1) is 5.02 Å². The Morgan fingerprint density at radius 3 is 2.85 bits per heavy atom. The number of ether oxygens (including phenoxy) is 1. The monoisotopic (exact) mass is 469 g/mol. The van der Waals surface area contributed by atoms with Gasteiger partial charge in [-0.3, -0.25) is 0 Å². The van der Waals surface area contributed by atoms with Crippen LogP contribution in [0.3, 0.4) is 0 Å². The number of carbonyl (C=O) groups is 1. The Balaban J connectivity index is 1.67. The first-order valence-corrected chi connectivity index (χ1v) is 10.5. The molecule has 4 rings (SSSR count). The predicted octanol–water partition coefficient (Wildman–Crippen LogP) is 5.31. The van der Waals surface area contributed by atoms with Crippen LogP contribution < -0.4 is 10.6 Å². The van der Waals surface area contributed by atoms with E-state index < -0.39 is 11.8 Å². The van der Waals surface area contributed by atoms with Crippen molar-refractivity contribution in [1.29, 1.82) is 0 Å². The molecule has 33 heavy (non-hydrogen) atoms. The molecule has 10 heteroatoms. The second-order valence-electron chi connectivity index (χ2n) is 7.27. The summed E-state index contributed by atoms with van der Waals surface area (Å²) in [6.45, 7) is 1.21. The molecule has 170 valence electrons. The number of anilines is 3. The molecule has 0 saturated heterocycles. The number of aromatic amines is 1. The van der Waals surface area contributed by atoms with Crippen LogP contribution in [0.2, 0.25) is 5.02 Å². The topological polar surface area (TPSA) is 112 Å². The zero-order valence-corrected chi connectivity index (χ0v) is 18.4. The third-order valence-corrected chi connectivity index (χ3v) is 5.24. The highest BCUT2D eigenvalue weighted by Crippen LogP contribution is 2.31. The molecule has 2 aromatic carbocycles. The minimum Gasteiger partial charge on any atom is -0.477 e. The minimum absolute atomic E-state index is 0.00508. The van der Waals surface area contributed by atoms with Crippen molar-refractivity contribution in [3.63, 3.8) is 0 Å². The lowest BCUT2D eigenvalue weighted by atomic mass is 10.1. The number of rotatable bonds is 9.